The van der Waals surface area contributed by atoms with Gasteiger partial charge in [-0.05, 0) is 18.2 Å². The minimum atomic E-state index is -0.851. The number of amides is 1. The lowest BCUT2D eigenvalue weighted by Gasteiger charge is -2.34. The molecule has 1 fully saturated rings. The summed E-state index contributed by atoms with van der Waals surface area (Å²) in [6.45, 7) is 2.76. The van der Waals surface area contributed by atoms with Crippen LogP contribution in [-0.2, 0) is 0 Å². The molecule has 0 atom stereocenters. The van der Waals surface area contributed by atoms with Gasteiger partial charge < -0.3 is 15.1 Å². The first-order valence-corrected chi connectivity index (χ1v) is 8.96. The number of anilines is 3. The van der Waals surface area contributed by atoms with Gasteiger partial charge in [0, 0.05) is 51.0 Å². The molecular formula is C19H17F2N7O. The number of piperazine rings is 1. The Morgan fingerprint density at radius 1 is 0.828 bits per heavy atom. The summed E-state index contributed by atoms with van der Waals surface area (Å²) in [6.07, 6.45) is 6.08. The van der Waals surface area contributed by atoms with Gasteiger partial charge in [0.1, 0.15) is 17.3 Å². The van der Waals surface area contributed by atoms with Crippen LogP contribution in [0.4, 0.5) is 26.4 Å². The monoisotopic (exact) mass is 397 g/mol. The first-order chi connectivity index (χ1) is 14.1. The summed E-state index contributed by atoms with van der Waals surface area (Å²) in [5.74, 6) is -1.23. The van der Waals surface area contributed by atoms with Crippen molar-refractivity contribution in [3.05, 3.63) is 66.3 Å². The lowest BCUT2D eigenvalue weighted by atomic mass is 10.2. The molecule has 148 valence electrons. The number of hydrogen-bond acceptors (Lipinski definition) is 7. The van der Waals surface area contributed by atoms with Gasteiger partial charge in [0.2, 0.25) is 11.9 Å². The molecule has 0 radical (unpaired) electrons. The van der Waals surface area contributed by atoms with Gasteiger partial charge in [0.15, 0.2) is 0 Å². The Bertz CT molecular complexity index is 973. The summed E-state index contributed by atoms with van der Waals surface area (Å²) >= 11 is 0. The molecule has 0 saturated carbocycles. The molecule has 3 aromatic rings. The molecule has 4 rings (SSSR count). The average molecular weight is 397 g/mol. The number of hydrogen-bond donors (Lipinski definition) is 1. The average Bonchev–Trinajstić information content (AvgIpc) is 2.77. The lowest BCUT2D eigenvalue weighted by molar-refractivity contribution is 0.102. The third-order valence-electron chi connectivity index (χ3n) is 4.50. The summed E-state index contributed by atoms with van der Waals surface area (Å²) in [5.41, 5.74) is -0.395. The maximum absolute atomic E-state index is 13.7. The Kier molecular flexibility index (Phi) is 5.23. The van der Waals surface area contributed by atoms with Crippen molar-refractivity contribution in [2.24, 2.45) is 0 Å². The van der Waals surface area contributed by atoms with Crippen molar-refractivity contribution in [2.45, 2.75) is 0 Å². The van der Waals surface area contributed by atoms with E-state index in [1.54, 1.807) is 18.5 Å². The quantitative estimate of drug-likeness (QED) is 0.722. The zero-order chi connectivity index (χ0) is 20.2. The summed E-state index contributed by atoms with van der Waals surface area (Å²) in [5, 5.41) is 2.21. The zero-order valence-electron chi connectivity index (χ0n) is 15.3. The lowest BCUT2D eigenvalue weighted by Crippen LogP contribution is -2.47. The van der Waals surface area contributed by atoms with Crippen LogP contribution in [0.5, 0.6) is 0 Å². The van der Waals surface area contributed by atoms with E-state index in [1.807, 2.05) is 4.90 Å². The highest BCUT2D eigenvalue weighted by Crippen LogP contribution is 2.19. The molecule has 0 unspecified atom stereocenters. The molecule has 1 aromatic carbocycles. The first-order valence-electron chi connectivity index (χ1n) is 8.96. The minimum Gasteiger partial charge on any atom is -0.337 e. The topological polar surface area (TPSA) is 87.1 Å². The van der Waals surface area contributed by atoms with Crippen molar-refractivity contribution in [2.75, 3.05) is 41.3 Å². The van der Waals surface area contributed by atoms with Crippen molar-refractivity contribution < 1.29 is 13.6 Å². The number of halogens is 2. The highest BCUT2D eigenvalue weighted by Gasteiger charge is 2.21. The number of carbonyl (C=O) groups is 1. The second-order valence-electron chi connectivity index (χ2n) is 6.35. The van der Waals surface area contributed by atoms with Crippen LogP contribution in [0.1, 0.15) is 10.4 Å². The fourth-order valence-electron chi connectivity index (χ4n) is 2.97. The van der Waals surface area contributed by atoms with E-state index in [0.29, 0.717) is 38.1 Å². The molecule has 1 amide bonds. The molecule has 1 aliphatic heterocycles. The van der Waals surface area contributed by atoms with Crippen LogP contribution in [0.3, 0.4) is 0 Å². The molecule has 0 aliphatic carbocycles. The Balaban J connectivity index is 1.39. The van der Waals surface area contributed by atoms with Gasteiger partial charge in [-0.1, -0.05) is 6.07 Å². The third-order valence-corrected chi connectivity index (χ3v) is 4.50. The number of carbonyl (C=O) groups excluding carboxylic acids is 1. The Hall–Kier alpha value is -3.69. The van der Waals surface area contributed by atoms with Crippen molar-refractivity contribution in [1.29, 1.82) is 0 Å². The van der Waals surface area contributed by atoms with Crippen LogP contribution in [0.2, 0.25) is 0 Å². The Labute approximate surface area is 165 Å². The van der Waals surface area contributed by atoms with Crippen LogP contribution >= 0.6 is 0 Å². The van der Waals surface area contributed by atoms with E-state index in [0.717, 1.165) is 12.1 Å². The SMILES string of the molecule is O=C(Nc1c(F)cccc1F)c1cnc(N2CCN(c3ncccn3)CC2)nc1. The molecule has 1 aliphatic rings. The van der Waals surface area contributed by atoms with E-state index in [2.05, 4.69) is 30.2 Å². The van der Waals surface area contributed by atoms with E-state index < -0.39 is 23.2 Å². The van der Waals surface area contributed by atoms with E-state index in [1.165, 1.54) is 18.5 Å². The fourth-order valence-corrected chi connectivity index (χ4v) is 2.97. The molecular weight excluding hydrogens is 380 g/mol. The predicted molar refractivity (Wildman–Crippen MR) is 103 cm³/mol. The number of rotatable bonds is 4. The minimum absolute atomic E-state index is 0.104. The maximum Gasteiger partial charge on any atom is 0.258 e. The van der Waals surface area contributed by atoms with Crippen LogP contribution in [-0.4, -0.2) is 52.0 Å². The Morgan fingerprint density at radius 2 is 1.34 bits per heavy atom. The number of nitrogens with zero attached hydrogens (tertiary/aromatic N) is 6. The fraction of sp³-hybridized carbons (Fsp3) is 0.211. The van der Waals surface area contributed by atoms with Crippen molar-refractivity contribution >= 4 is 23.5 Å². The number of para-hydroxylation sites is 1. The smallest absolute Gasteiger partial charge is 0.258 e. The van der Waals surface area contributed by atoms with Crippen molar-refractivity contribution in [3.8, 4) is 0 Å². The predicted octanol–water partition coefficient (Wildman–Crippen LogP) is 2.12. The third kappa shape index (κ3) is 4.10. The Morgan fingerprint density at radius 3 is 1.90 bits per heavy atom. The van der Waals surface area contributed by atoms with Gasteiger partial charge >= 0.3 is 0 Å². The largest absolute Gasteiger partial charge is 0.337 e. The maximum atomic E-state index is 13.7. The summed E-state index contributed by atoms with van der Waals surface area (Å²) in [4.78, 5) is 33.2. The molecule has 29 heavy (non-hydrogen) atoms. The van der Waals surface area contributed by atoms with E-state index in [-0.39, 0.29) is 5.56 Å². The second kappa shape index (κ2) is 8.13. The van der Waals surface area contributed by atoms with Crippen LogP contribution in [0.25, 0.3) is 0 Å². The van der Waals surface area contributed by atoms with E-state index in [9.17, 15) is 13.6 Å². The van der Waals surface area contributed by atoms with Crippen molar-refractivity contribution in [3.63, 3.8) is 0 Å². The molecule has 2 aromatic heterocycles. The van der Waals surface area contributed by atoms with Gasteiger partial charge in [-0.2, -0.15) is 0 Å². The van der Waals surface area contributed by atoms with Gasteiger partial charge in [-0.3, -0.25) is 4.79 Å². The zero-order valence-corrected chi connectivity index (χ0v) is 15.3. The highest BCUT2D eigenvalue weighted by atomic mass is 19.1. The van der Waals surface area contributed by atoms with Crippen LogP contribution in [0, 0.1) is 11.6 Å². The molecule has 1 saturated heterocycles. The summed E-state index contributed by atoms with van der Waals surface area (Å²) < 4.78 is 27.4. The van der Waals surface area contributed by atoms with E-state index in [4.69, 9.17) is 0 Å². The van der Waals surface area contributed by atoms with E-state index >= 15 is 0 Å². The normalized spacial score (nSPS) is 14.0. The number of benzene rings is 1. The molecule has 0 spiro atoms. The summed E-state index contributed by atoms with van der Waals surface area (Å²) in [7, 11) is 0. The first kappa shape index (κ1) is 18.7. The molecule has 1 N–H and O–H groups in total. The van der Waals surface area contributed by atoms with Crippen LogP contribution in [0.15, 0.2) is 49.1 Å². The van der Waals surface area contributed by atoms with Gasteiger partial charge in [0.25, 0.3) is 5.91 Å². The molecule has 3 heterocycles. The highest BCUT2D eigenvalue weighted by molar-refractivity contribution is 6.04. The molecule has 8 nitrogen and oxygen atoms in total. The molecule has 0 bridgehead atoms. The van der Waals surface area contributed by atoms with Gasteiger partial charge in [0.05, 0.1) is 5.56 Å². The second-order valence-corrected chi connectivity index (χ2v) is 6.35. The molecule has 10 heteroatoms. The standard InChI is InChI=1S/C19H17F2N7O/c20-14-3-1-4-15(21)16(14)26-17(29)13-11-24-19(25-12-13)28-9-7-27(8-10-28)18-22-5-2-6-23-18/h1-6,11-12H,7-10H2,(H,26,29). The van der Waals surface area contributed by atoms with Gasteiger partial charge in [-0.15, -0.1) is 0 Å². The van der Waals surface area contributed by atoms with Gasteiger partial charge in [-0.25, -0.2) is 28.7 Å². The van der Waals surface area contributed by atoms with Crippen molar-refractivity contribution in [1.82, 2.24) is 19.9 Å². The summed E-state index contributed by atoms with van der Waals surface area (Å²) in [6, 6.07) is 5.13. The number of aromatic nitrogens is 4. The van der Waals surface area contributed by atoms with Crippen LogP contribution < -0.4 is 15.1 Å². The number of nitrogens with one attached hydrogen (secondary N) is 1.